The molecule has 5 nitrogen and oxygen atoms in total. The third-order valence-corrected chi connectivity index (χ3v) is 3.65. The Bertz CT molecular complexity index is 556. The van der Waals surface area contributed by atoms with Crippen molar-refractivity contribution in [2.45, 2.75) is 12.6 Å². The maximum absolute atomic E-state index is 13.0. The lowest BCUT2D eigenvalue weighted by Crippen LogP contribution is -2.47. The molecule has 1 atom stereocenters. The third-order valence-electron chi connectivity index (χ3n) is 3.36. The van der Waals surface area contributed by atoms with Crippen LogP contribution in [-0.2, 0) is 4.79 Å². The van der Waals surface area contributed by atoms with E-state index in [0.29, 0.717) is 0 Å². The summed E-state index contributed by atoms with van der Waals surface area (Å²) in [5, 5.41) is 8.64. The van der Waals surface area contributed by atoms with E-state index in [4.69, 9.17) is 21.1 Å². The molecule has 9 heteroatoms. The molecule has 0 radical (unpaired) electrons. The summed E-state index contributed by atoms with van der Waals surface area (Å²) < 4.78 is 43.6. The van der Waals surface area contributed by atoms with Gasteiger partial charge < -0.3 is 14.4 Å². The number of hydrogen-bond acceptors (Lipinski definition) is 3. The molecule has 1 aromatic rings. The van der Waals surface area contributed by atoms with Gasteiger partial charge in [0.2, 0.25) is 5.22 Å². The summed E-state index contributed by atoms with van der Waals surface area (Å²) >= 11 is 5.58. The highest BCUT2D eigenvalue weighted by Gasteiger charge is 2.64. The first kappa shape index (κ1) is 14.7. The van der Waals surface area contributed by atoms with Gasteiger partial charge in [-0.05, 0) is 24.1 Å². The van der Waals surface area contributed by atoms with Crippen LogP contribution in [0.2, 0.25) is 5.22 Å². The number of nitrogens with zero attached hydrogens (tertiary/aromatic N) is 1. The van der Waals surface area contributed by atoms with E-state index in [1.165, 1.54) is 6.07 Å². The minimum absolute atomic E-state index is 0.0879. The second-order valence-electron chi connectivity index (χ2n) is 4.47. The van der Waals surface area contributed by atoms with E-state index in [2.05, 4.69) is 0 Å². The van der Waals surface area contributed by atoms with E-state index in [1.54, 1.807) is 0 Å². The number of amides is 1. The number of hydrogen-bond donors (Lipinski definition) is 1. The minimum Gasteiger partial charge on any atom is -0.481 e. The highest BCUT2D eigenvalue weighted by molar-refractivity contribution is 6.32. The fourth-order valence-corrected chi connectivity index (χ4v) is 2.32. The number of furan rings is 1. The zero-order valence-corrected chi connectivity index (χ0v) is 10.7. The van der Waals surface area contributed by atoms with Crippen LogP contribution in [0.25, 0.3) is 0 Å². The van der Waals surface area contributed by atoms with Crippen LogP contribution in [0.4, 0.5) is 13.2 Å². The molecule has 1 aliphatic heterocycles. The van der Waals surface area contributed by atoms with Crippen molar-refractivity contribution >= 4 is 23.5 Å². The number of carbonyl (C=O) groups is 2. The molecule has 0 aromatic carbocycles. The summed E-state index contributed by atoms with van der Waals surface area (Å²) in [6.07, 6.45) is -4.50. The Balaban J connectivity index is 2.26. The molecular formula is C11H9ClF3NO4. The van der Waals surface area contributed by atoms with Gasteiger partial charge in [-0.15, -0.1) is 0 Å². The molecule has 1 fully saturated rings. The van der Waals surface area contributed by atoms with E-state index in [9.17, 15) is 22.8 Å². The summed E-state index contributed by atoms with van der Waals surface area (Å²) in [4.78, 5) is 23.8. The normalized spacial score (nSPS) is 23.1. The van der Waals surface area contributed by atoms with Crippen molar-refractivity contribution in [3.63, 3.8) is 0 Å². The van der Waals surface area contributed by atoms with Crippen LogP contribution in [0, 0.1) is 5.41 Å². The quantitative estimate of drug-likeness (QED) is 0.910. The molecule has 1 aromatic heterocycles. The number of carbonyl (C=O) groups excluding carboxylic acids is 1. The molecule has 20 heavy (non-hydrogen) atoms. The Morgan fingerprint density at radius 2 is 2.10 bits per heavy atom. The maximum atomic E-state index is 13.0. The van der Waals surface area contributed by atoms with Gasteiger partial charge >= 0.3 is 12.1 Å². The lowest BCUT2D eigenvalue weighted by atomic mass is 9.86. The van der Waals surface area contributed by atoms with Crippen molar-refractivity contribution in [2.24, 2.45) is 5.41 Å². The van der Waals surface area contributed by atoms with Crippen LogP contribution in [0.3, 0.4) is 0 Å². The molecule has 0 spiro atoms. The highest BCUT2D eigenvalue weighted by atomic mass is 35.5. The van der Waals surface area contributed by atoms with Crippen molar-refractivity contribution in [3.8, 4) is 0 Å². The predicted molar refractivity (Wildman–Crippen MR) is 60.4 cm³/mol. The zero-order chi connectivity index (χ0) is 15.1. The summed E-state index contributed by atoms with van der Waals surface area (Å²) in [5.74, 6) is -2.77. The molecular weight excluding hydrogens is 303 g/mol. The lowest BCUT2D eigenvalue weighted by Gasteiger charge is -2.27. The standard InChI is InChI=1S/C11H9ClF3NO4/c12-7-6(1-4-20-7)8(17)16-3-2-10(5-16,9(18)19)11(13,14)15/h1,4H,2-3,5H2,(H,18,19). The van der Waals surface area contributed by atoms with E-state index >= 15 is 0 Å². The molecule has 110 valence electrons. The molecule has 0 aliphatic carbocycles. The van der Waals surface area contributed by atoms with Gasteiger partial charge in [0.25, 0.3) is 5.91 Å². The largest absolute Gasteiger partial charge is 0.481 e. The van der Waals surface area contributed by atoms with Gasteiger partial charge in [-0.1, -0.05) is 0 Å². The number of likely N-dealkylation sites (tertiary alicyclic amines) is 1. The van der Waals surface area contributed by atoms with Gasteiger partial charge in [0.05, 0.1) is 11.8 Å². The van der Waals surface area contributed by atoms with Gasteiger partial charge in [0, 0.05) is 13.1 Å². The fraction of sp³-hybridized carbons (Fsp3) is 0.455. The first-order valence-corrected chi connectivity index (χ1v) is 5.89. The first-order valence-electron chi connectivity index (χ1n) is 5.51. The van der Waals surface area contributed by atoms with E-state index in [0.717, 1.165) is 11.2 Å². The number of carboxylic acid groups (broad SMARTS) is 1. The van der Waals surface area contributed by atoms with Gasteiger partial charge in [0.1, 0.15) is 0 Å². The third kappa shape index (κ3) is 2.13. The summed E-state index contributed by atoms with van der Waals surface area (Å²) in [6, 6.07) is 1.22. The number of aliphatic carboxylic acids is 1. The van der Waals surface area contributed by atoms with E-state index in [-0.39, 0.29) is 17.3 Å². The molecule has 2 heterocycles. The zero-order valence-electron chi connectivity index (χ0n) is 9.91. The maximum Gasteiger partial charge on any atom is 0.406 e. The predicted octanol–water partition coefficient (Wildman–Crippen LogP) is 2.41. The van der Waals surface area contributed by atoms with Crippen LogP contribution in [0.15, 0.2) is 16.7 Å². The summed E-state index contributed by atoms with van der Waals surface area (Å²) in [5.41, 5.74) is -3.02. The summed E-state index contributed by atoms with van der Waals surface area (Å²) in [7, 11) is 0. The fourth-order valence-electron chi connectivity index (χ4n) is 2.13. The number of carboxylic acids is 1. The van der Waals surface area contributed by atoms with E-state index < -0.39 is 36.4 Å². The van der Waals surface area contributed by atoms with Crippen molar-refractivity contribution in [3.05, 3.63) is 23.1 Å². The molecule has 1 aliphatic rings. The Morgan fingerprint density at radius 1 is 1.45 bits per heavy atom. The second-order valence-corrected chi connectivity index (χ2v) is 4.81. The number of halogens is 4. The van der Waals surface area contributed by atoms with Gasteiger partial charge in [-0.2, -0.15) is 13.2 Å². The Kier molecular flexibility index (Phi) is 3.45. The topological polar surface area (TPSA) is 70.8 Å². The lowest BCUT2D eigenvalue weighted by molar-refractivity contribution is -0.227. The average molecular weight is 312 g/mol. The monoisotopic (exact) mass is 311 g/mol. The first-order chi connectivity index (χ1) is 9.19. The Morgan fingerprint density at radius 3 is 2.50 bits per heavy atom. The van der Waals surface area contributed by atoms with Crippen LogP contribution >= 0.6 is 11.6 Å². The van der Waals surface area contributed by atoms with Crippen molar-refractivity contribution in [1.29, 1.82) is 0 Å². The Hall–Kier alpha value is -1.70. The second kappa shape index (κ2) is 4.69. The van der Waals surface area contributed by atoms with Crippen molar-refractivity contribution < 1.29 is 32.3 Å². The molecule has 2 rings (SSSR count). The summed E-state index contributed by atoms with van der Waals surface area (Å²) in [6.45, 7) is -1.25. The minimum atomic E-state index is -4.94. The van der Waals surface area contributed by atoms with Crippen molar-refractivity contribution in [1.82, 2.24) is 4.90 Å². The van der Waals surface area contributed by atoms with E-state index in [1.807, 2.05) is 0 Å². The molecule has 1 unspecified atom stereocenters. The SMILES string of the molecule is O=C(c1ccoc1Cl)N1CCC(C(=O)O)(C(F)(F)F)C1. The van der Waals surface area contributed by atoms with Gasteiger partial charge in [-0.25, -0.2) is 0 Å². The molecule has 0 bridgehead atoms. The van der Waals surface area contributed by atoms with Crippen LogP contribution in [0.5, 0.6) is 0 Å². The van der Waals surface area contributed by atoms with Gasteiger partial charge in [-0.3, -0.25) is 9.59 Å². The van der Waals surface area contributed by atoms with Crippen LogP contribution < -0.4 is 0 Å². The van der Waals surface area contributed by atoms with Crippen LogP contribution in [-0.4, -0.2) is 41.1 Å². The van der Waals surface area contributed by atoms with Crippen molar-refractivity contribution in [2.75, 3.05) is 13.1 Å². The molecule has 1 saturated heterocycles. The van der Waals surface area contributed by atoms with Gasteiger partial charge in [0.15, 0.2) is 5.41 Å². The Labute approximate surface area is 115 Å². The smallest absolute Gasteiger partial charge is 0.406 e. The average Bonchev–Trinajstić information content (AvgIpc) is 2.93. The van der Waals surface area contributed by atoms with Crippen LogP contribution in [0.1, 0.15) is 16.8 Å². The highest BCUT2D eigenvalue weighted by Crippen LogP contribution is 2.46. The molecule has 0 saturated carbocycles. The molecule has 1 amide bonds. The number of rotatable bonds is 2. The number of alkyl halides is 3. The molecule has 1 N–H and O–H groups in total.